The number of nitrogens with zero attached hydrogens (tertiary/aromatic N) is 2. The van der Waals surface area contributed by atoms with Crippen molar-refractivity contribution in [1.82, 2.24) is 9.97 Å². The number of aromatic nitrogens is 2. The minimum Gasteiger partial charge on any atom is -0.399 e. The van der Waals surface area contributed by atoms with Crippen LogP contribution >= 0.6 is 0 Å². The fourth-order valence-electron chi connectivity index (χ4n) is 5.37. The van der Waals surface area contributed by atoms with Crippen molar-refractivity contribution < 1.29 is 18.6 Å². The molecule has 0 bridgehead atoms. The van der Waals surface area contributed by atoms with Crippen LogP contribution in [0.15, 0.2) is 48.8 Å². The number of rotatable bonds is 4. The molecule has 3 heterocycles. The van der Waals surface area contributed by atoms with Gasteiger partial charge in [0.25, 0.3) is 0 Å². The Hall–Kier alpha value is -2.51. The van der Waals surface area contributed by atoms with E-state index in [1.54, 1.807) is 6.33 Å². The van der Waals surface area contributed by atoms with E-state index in [0.29, 0.717) is 0 Å². The molecular formula is C36H50B2N2O4. The van der Waals surface area contributed by atoms with Gasteiger partial charge in [0.15, 0.2) is 0 Å². The molecule has 0 N–H and O–H groups in total. The van der Waals surface area contributed by atoms with Crippen molar-refractivity contribution in [2.75, 3.05) is 0 Å². The number of hydrogen-bond donors (Lipinski definition) is 0. The molecule has 0 unspecified atom stereocenters. The van der Waals surface area contributed by atoms with Gasteiger partial charge in [-0.25, -0.2) is 9.97 Å². The summed E-state index contributed by atoms with van der Waals surface area (Å²) >= 11 is 0. The molecule has 0 spiro atoms. The van der Waals surface area contributed by atoms with Crippen LogP contribution in [0.25, 0.3) is 22.5 Å². The molecule has 2 fully saturated rings. The van der Waals surface area contributed by atoms with E-state index in [0.717, 1.165) is 33.4 Å². The monoisotopic (exact) mass is 596 g/mol. The largest absolute Gasteiger partial charge is 0.494 e. The molecule has 2 aliphatic rings. The average Bonchev–Trinajstić information content (AvgIpc) is 3.26. The zero-order valence-electron chi connectivity index (χ0n) is 29.3. The minimum atomic E-state index is -0.465. The van der Waals surface area contributed by atoms with Crippen molar-refractivity contribution in [2.24, 2.45) is 0 Å². The predicted octanol–water partition coefficient (Wildman–Crippen LogP) is 7.00. The third-order valence-electron chi connectivity index (χ3n) is 9.95. The normalized spacial score (nSPS) is 20.8. The third kappa shape index (κ3) is 6.16. The van der Waals surface area contributed by atoms with Gasteiger partial charge in [0.2, 0.25) is 0 Å². The molecule has 8 heteroatoms. The quantitative estimate of drug-likeness (QED) is 0.302. The minimum absolute atomic E-state index is 0.0803. The van der Waals surface area contributed by atoms with Crippen LogP contribution in [0.4, 0.5) is 0 Å². The van der Waals surface area contributed by atoms with E-state index < -0.39 is 36.6 Å². The molecule has 234 valence electrons. The summed E-state index contributed by atoms with van der Waals surface area (Å²) in [6, 6.07) is 15.2. The van der Waals surface area contributed by atoms with Crippen molar-refractivity contribution in [3.63, 3.8) is 0 Å². The Morgan fingerprint density at radius 1 is 0.477 bits per heavy atom. The summed E-state index contributed by atoms with van der Waals surface area (Å²) in [5.41, 5.74) is 6.20. The molecule has 1 aromatic heterocycles. The van der Waals surface area contributed by atoms with Crippen LogP contribution in [0.1, 0.15) is 108 Å². The molecule has 0 saturated carbocycles. The molecule has 2 aliphatic heterocycles. The molecule has 6 nitrogen and oxygen atoms in total. The lowest BCUT2D eigenvalue weighted by Gasteiger charge is -2.32. The highest BCUT2D eigenvalue weighted by molar-refractivity contribution is 6.62. The van der Waals surface area contributed by atoms with Crippen molar-refractivity contribution in [1.29, 1.82) is 0 Å². The molecule has 5 rings (SSSR count). The van der Waals surface area contributed by atoms with E-state index in [4.69, 9.17) is 28.6 Å². The second kappa shape index (κ2) is 10.5. The average molecular weight is 596 g/mol. The zero-order valence-corrected chi connectivity index (χ0v) is 29.3. The molecule has 0 radical (unpaired) electrons. The lowest BCUT2D eigenvalue weighted by atomic mass is 9.74. The van der Waals surface area contributed by atoms with E-state index in [2.05, 4.69) is 139 Å². The fourth-order valence-corrected chi connectivity index (χ4v) is 5.37. The summed E-state index contributed by atoms with van der Waals surface area (Å²) in [7, 11) is -0.929. The SMILES string of the molecule is CC(C)(C)c1cc(B2OC(C)(C)C(C)(C)O2)cc(-c2cc(-c3cc(B4OC(C)(C)C(C)(C)O4)cc(C(C)(C)C)c3)ncn2)c1. The van der Waals surface area contributed by atoms with Crippen LogP contribution in [0.5, 0.6) is 0 Å². The first kappa shape index (κ1) is 32.9. The van der Waals surface area contributed by atoms with Gasteiger partial charge in [0, 0.05) is 11.1 Å². The van der Waals surface area contributed by atoms with E-state index in [9.17, 15) is 0 Å². The molecule has 44 heavy (non-hydrogen) atoms. The Bertz CT molecular complexity index is 1420. The molecule has 0 amide bonds. The van der Waals surface area contributed by atoms with Gasteiger partial charge in [0.1, 0.15) is 6.33 Å². The maximum absolute atomic E-state index is 6.46. The van der Waals surface area contributed by atoms with Gasteiger partial charge < -0.3 is 18.6 Å². The predicted molar refractivity (Wildman–Crippen MR) is 182 cm³/mol. The van der Waals surface area contributed by atoms with Gasteiger partial charge in [-0.3, -0.25) is 0 Å². The number of benzene rings is 2. The second-order valence-corrected chi connectivity index (χ2v) is 16.7. The summed E-state index contributed by atoms with van der Waals surface area (Å²) in [6.45, 7) is 30.0. The van der Waals surface area contributed by atoms with Gasteiger partial charge in [-0.2, -0.15) is 0 Å². The van der Waals surface area contributed by atoms with Gasteiger partial charge in [0.05, 0.1) is 33.8 Å². The summed E-state index contributed by atoms with van der Waals surface area (Å²) in [4.78, 5) is 9.50. The van der Waals surface area contributed by atoms with E-state index >= 15 is 0 Å². The number of hydrogen-bond acceptors (Lipinski definition) is 6. The van der Waals surface area contributed by atoms with Crippen LogP contribution in [0.3, 0.4) is 0 Å². The van der Waals surface area contributed by atoms with E-state index in [-0.39, 0.29) is 10.8 Å². The fraction of sp³-hybridized carbons (Fsp3) is 0.556. The van der Waals surface area contributed by atoms with Crippen LogP contribution in [0.2, 0.25) is 0 Å². The first-order valence-corrected chi connectivity index (χ1v) is 15.8. The highest BCUT2D eigenvalue weighted by atomic mass is 16.7. The summed E-state index contributed by atoms with van der Waals surface area (Å²) in [5, 5.41) is 0. The maximum Gasteiger partial charge on any atom is 0.494 e. The highest BCUT2D eigenvalue weighted by Crippen LogP contribution is 2.39. The van der Waals surface area contributed by atoms with Crippen LogP contribution in [-0.4, -0.2) is 46.6 Å². The Morgan fingerprint density at radius 2 is 0.795 bits per heavy atom. The Balaban J connectivity index is 1.59. The van der Waals surface area contributed by atoms with Crippen LogP contribution in [0, 0.1) is 0 Å². The summed E-state index contributed by atoms with van der Waals surface area (Å²) in [6.07, 6.45) is 1.65. The first-order chi connectivity index (χ1) is 20.0. The van der Waals surface area contributed by atoms with Crippen LogP contribution < -0.4 is 10.9 Å². The van der Waals surface area contributed by atoms with Crippen LogP contribution in [-0.2, 0) is 29.4 Å². The van der Waals surface area contributed by atoms with Gasteiger partial charge in [-0.15, -0.1) is 0 Å². The van der Waals surface area contributed by atoms with Crippen molar-refractivity contribution in [2.45, 2.75) is 130 Å². The Kier molecular flexibility index (Phi) is 7.86. The molecule has 0 atom stereocenters. The molecule has 0 aliphatic carbocycles. The Labute approximate surface area is 266 Å². The van der Waals surface area contributed by atoms with E-state index in [1.807, 2.05) is 0 Å². The Morgan fingerprint density at radius 3 is 1.09 bits per heavy atom. The standard InChI is InChI=1S/C36H50B2N2O4/c1-31(2,3)25-15-23(17-27(19-25)37-41-33(7,8)34(9,10)42-37)29-21-30(40-22-39-29)24-16-26(32(4,5)6)20-28(18-24)38-43-35(11,12)36(13,14)44-38/h15-22H,1-14H3. The third-order valence-corrected chi connectivity index (χ3v) is 9.95. The van der Waals surface area contributed by atoms with Crippen molar-refractivity contribution in [3.05, 3.63) is 59.9 Å². The second-order valence-electron chi connectivity index (χ2n) is 16.7. The lowest BCUT2D eigenvalue weighted by Crippen LogP contribution is -2.41. The smallest absolute Gasteiger partial charge is 0.399 e. The van der Waals surface area contributed by atoms with Crippen molar-refractivity contribution in [3.8, 4) is 22.5 Å². The highest BCUT2D eigenvalue weighted by Gasteiger charge is 2.53. The molecular weight excluding hydrogens is 546 g/mol. The van der Waals surface area contributed by atoms with Gasteiger partial charge in [-0.1, -0.05) is 65.8 Å². The lowest BCUT2D eigenvalue weighted by molar-refractivity contribution is 0.00578. The zero-order chi connectivity index (χ0) is 32.7. The topological polar surface area (TPSA) is 62.7 Å². The van der Waals surface area contributed by atoms with Gasteiger partial charge >= 0.3 is 14.2 Å². The maximum atomic E-state index is 6.46. The molecule has 3 aromatic rings. The summed E-state index contributed by atoms with van der Waals surface area (Å²) < 4.78 is 25.8. The van der Waals surface area contributed by atoms with Gasteiger partial charge in [-0.05, 0) is 106 Å². The first-order valence-electron chi connectivity index (χ1n) is 15.8. The molecule has 2 aromatic carbocycles. The van der Waals surface area contributed by atoms with E-state index in [1.165, 1.54) is 11.1 Å². The molecule has 2 saturated heterocycles. The summed E-state index contributed by atoms with van der Waals surface area (Å²) in [5.74, 6) is 0. The van der Waals surface area contributed by atoms with Crippen molar-refractivity contribution >= 4 is 25.2 Å².